The van der Waals surface area contributed by atoms with Crippen LogP contribution < -0.4 is 15.1 Å². The Bertz CT molecular complexity index is 1030. The molecule has 3 rings (SSSR count). The van der Waals surface area contributed by atoms with E-state index in [4.69, 9.17) is 4.74 Å². The molecule has 0 radical (unpaired) electrons. The lowest BCUT2D eigenvalue weighted by Crippen LogP contribution is -2.55. The monoisotopic (exact) mass is 468 g/mol. The summed E-state index contributed by atoms with van der Waals surface area (Å²) >= 11 is 1.99. The van der Waals surface area contributed by atoms with Gasteiger partial charge in [-0.2, -0.15) is 0 Å². The molecular formula is C27H40OSSi2. The van der Waals surface area contributed by atoms with Crippen LogP contribution >= 0.6 is 11.3 Å². The average molecular weight is 469 g/mol. The molecule has 1 unspecified atom stereocenters. The lowest BCUT2D eigenvalue weighted by molar-refractivity contribution is 0.368. The fourth-order valence-electron chi connectivity index (χ4n) is 4.90. The summed E-state index contributed by atoms with van der Waals surface area (Å²) in [7, 11) is -3.73. The SMILES string of the molecule is C=CCOc1c([Si](C)(C)C2C(C)=Cc3cc(C)sc32)cc(C)cc1[Si](C)(C)C(C)(C)C. The van der Waals surface area contributed by atoms with Crippen molar-refractivity contribution in [2.24, 2.45) is 0 Å². The van der Waals surface area contributed by atoms with Crippen molar-refractivity contribution in [2.75, 3.05) is 6.61 Å². The molecule has 1 heterocycles. The molecule has 4 heteroatoms. The topological polar surface area (TPSA) is 9.23 Å². The lowest BCUT2D eigenvalue weighted by Gasteiger charge is -2.41. The van der Waals surface area contributed by atoms with Gasteiger partial charge in [0.2, 0.25) is 0 Å². The zero-order valence-electron chi connectivity index (χ0n) is 21.2. The Morgan fingerprint density at radius 1 is 1.03 bits per heavy atom. The first-order valence-corrected chi connectivity index (χ1v) is 18.3. The third kappa shape index (κ3) is 4.19. The summed E-state index contributed by atoms with van der Waals surface area (Å²) < 4.78 is 6.56. The van der Waals surface area contributed by atoms with Crippen LogP contribution in [0.5, 0.6) is 5.75 Å². The number of benzene rings is 1. The van der Waals surface area contributed by atoms with E-state index in [9.17, 15) is 0 Å². The van der Waals surface area contributed by atoms with Crippen LogP contribution in [0.4, 0.5) is 0 Å². The van der Waals surface area contributed by atoms with Gasteiger partial charge in [-0.1, -0.05) is 89.0 Å². The van der Waals surface area contributed by atoms with E-state index in [2.05, 4.69) is 98.6 Å². The van der Waals surface area contributed by atoms with Crippen molar-refractivity contribution >= 4 is 43.9 Å². The van der Waals surface area contributed by atoms with Crippen molar-refractivity contribution < 1.29 is 4.74 Å². The predicted octanol–water partition coefficient (Wildman–Crippen LogP) is 7.30. The van der Waals surface area contributed by atoms with Crippen molar-refractivity contribution in [3.63, 3.8) is 0 Å². The Morgan fingerprint density at radius 2 is 1.65 bits per heavy atom. The van der Waals surface area contributed by atoms with Gasteiger partial charge in [0, 0.05) is 15.3 Å². The Balaban J connectivity index is 2.27. The first kappa shape index (κ1) is 24.3. The number of aryl methyl sites for hydroxylation is 2. The number of hydrogen-bond donors (Lipinski definition) is 0. The van der Waals surface area contributed by atoms with E-state index in [1.54, 1.807) is 4.88 Å². The minimum Gasteiger partial charge on any atom is -0.490 e. The van der Waals surface area contributed by atoms with Gasteiger partial charge in [-0.05, 0) is 47.8 Å². The summed E-state index contributed by atoms with van der Waals surface area (Å²) in [6.07, 6.45) is 4.31. The van der Waals surface area contributed by atoms with Crippen molar-refractivity contribution in [2.45, 2.75) is 78.3 Å². The molecule has 1 nitrogen and oxygen atoms in total. The molecular weight excluding hydrogens is 429 g/mol. The largest absolute Gasteiger partial charge is 0.490 e. The standard InChI is InChI=1S/C27H40OSSi2/c1-12-13-28-24-22(14-18(2)15-23(24)31(10,11)27(5,6)7)30(8,9)26-19(3)16-21-17-20(4)29-25(21)26/h12,14-17,26H,1,13H2,2-11H3. The highest BCUT2D eigenvalue weighted by Crippen LogP contribution is 2.47. The first-order valence-electron chi connectivity index (χ1n) is 11.4. The van der Waals surface area contributed by atoms with Crippen LogP contribution in [0.1, 0.15) is 54.1 Å². The fourth-order valence-corrected chi connectivity index (χ4v) is 13.1. The summed E-state index contributed by atoms with van der Waals surface area (Å²) in [6.45, 7) is 28.6. The molecule has 0 aliphatic heterocycles. The van der Waals surface area contributed by atoms with E-state index in [1.165, 1.54) is 37.7 Å². The summed E-state index contributed by atoms with van der Waals surface area (Å²) in [5.41, 5.74) is 4.84. The highest BCUT2D eigenvalue weighted by atomic mass is 32.1. The summed E-state index contributed by atoms with van der Waals surface area (Å²) in [6, 6.07) is 7.22. The molecule has 2 aromatic rings. The number of fused-ring (bicyclic) bond motifs is 1. The normalized spacial score (nSPS) is 16.8. The fraction of sp³-hybridized carbons (Fsp3) is 0.481. The van der Waals surface area contributed by atoms with Gasteiger partial charge in [-0.3, -0.25) is 0 Å². The molecule has 0 saturated heterocycles. The van der Waals surface area contributed by atoms with Gasteiger partial charge in [-0.15, -0.1) is 11.3 Å². The van der Waals surface area contributed by atoms with Crippen LogP contribution in [-0.4, -0.2) is 22.8 Å². The van der Waals surface area contributed by atoms with Gasteiger partial charge in [-0.25, -0.2) is 0 Å². The van der Waals surface area contributed by atoms with Crippen LogP contribution in [0.2, 0.25) is 31.2 Å². The van der Waals surface area contributed by atoms with Gasteiger partial charge in [0.25, 0.3) is 0 Å². The molecule has 1 atom stereocenters. The van der Waals surface area contributed by atoms with Crippen LogP contribution in [0, 0.1) is 13.8 Å². The number of hydrogen-bond acceptors (Lipinski definition) is 2. The number of ether oxygens (including phenoxy) is 1. The molecule has 0 saturated carbocycles. The maximum absolute atomic E-state index is 6.56. The van der Waals surface area contributed by atoms with Crippen LogP contribution in [0.25, 0.3) is 6.08 Å². The van der Waals surface area contributed by atoms with E-state index in [0.717, 1.165) is 0 Å². The van der Waals surface area contributed by atoms with Crippen molar-refractivity contribution in [1.29, 1.82) is 0 Å². The molecule has 31 heavy (non-hydrogen) atoms. The van der Waals surface area contributed by atoms with Gasteiger partial charge in [0.1, 0.15) is 12.4 Å². The Hall–Kier alpha value is -1.37. The van der Waals surface area contributed by atoms with E-state index in [0.29, 0.717) is 12.1 Å². The summed E-state index contributed by atoms with van der Waals surface area (Å²) in [4.78, 5) is 2.98. The van der Waals surface area contributed by atoms with Crippen molar-refractivity contribution in [3.8, 4) is 5.75 Å². The second-order valence-electron chi connectivity index (χ2n) is 11.4. The molecule has 168 valence electrons. The minimum absolute atomic E-state index is 0.247. The molecule has 1 aromatic carbocycles. The maximum Gasteiger partial charge on any atom is 0.118 e. The molecule has 0 spiro atoms. The van der Waals surface area contributed by atoms with Gasteiger partial charge in [0.15, 0.2) is 0 Å². The van der Waals surface area contributed by atoms with E-state index in [1.807, 2.05) is 17.4 Å². The molecule has 0 bridgehead atoms. The smallest absolute Gasteiger partial charge is 0.118 e. The molecule has 1 aliphatic carbocycles. The minimum atomic E-state index is -1.94. The van der Waals surface area contributed by atoms with Gasteiger partial charge >= 0.3 is 0 Å². The molecule has 0 amide bonds. The van der Waals surface area contributed by atoms with Crippen LogP contribution in [-0.2, 0) is 0 Å². The second kappa shape index (κ2) is 8.20. The Kier molecular flexibility index (Phi) is 6.42. The number of allylic oxidation sites excluding steroid dienone is 1. The van der Waals surface area contributed by atoms with E-state index >= 15 is 0 Å². The van der Waals surface area contributed by atoms with Crippen molar-refractivity contribution in [1.82, 2.24) is 0 Å². The quantitative estimate of drug-likeness (QED) is 0.319. The van der Waals surface area contributed by atoms with Crippen LogP contribution in [0.3, 0.4) is 0 Å². The third-order valence-corrected chi connectivity index (χ3v) is 18.3. The predicted molar refractivity (Wildman–Crippen MR) is 146 cm³/mol. The molecule has 1 aliphatic rings. The van der Waals surface area contributed by atoms with Crippen molar-refractivity contribution in [3.05, 3.63) is 57.3 Å². The zero-order chi connectivity index (χ0) is 23.4. The van der Waals surface area contributed by atoms with E-state index < -0.39 is 16.1 Å². The molecule has 0 N–H and O–H groups in total. The van der Waals surface area contributed by atoms with E-state index in [-0.39, 0.29) is 5.04 Å². The molecule has 0 fully saturated rings. The second-order valence-corrected chi connectivity index (χ2v) is 22.5. The third-order valence-electron chi connectivity index (χ3n) is 7.56. The van der Waals surface area contributed by atoms with Gasteiger partial charge < -0.3 is 4.74 Å². The lowest BCUT2D eigenvalue weighted by atomic mass is 10.2. The highest BCUT2D eigenvalue weighted by molar-refractivity contribution is 7.13. The summed E-state index contributed by atoms with van der Waals surface area (Å²) in [5, 5.41) is 3.20. The maximum atomic E-state index is 6.56. The number of thiophene rings is 1. The Morgan fingerprint density at radius 3 is 2.23 bits per heavy atom. The Labute approximate surface area is 196 Å². The zero-order valence-corrected chi connectivity index (χ0v) is 24.0. The van der Waals surface area contributed by atoms with Gasteiger partial charge in [0.05, 0.1) is 16.1 Å². The van der Waals surface area contributed by atoms with Crippen LogP contribution in [0.15, 0.2) is 36.4 Å². The highest BCUT2D eigenvalue weighted by Gasteiger charge is 2.45. The first-order chi connectivity index (χ1) is 14.2. The molecule has 1 aromatic heterocycles. The summed E-state index contributed by atoms with van der Waals surface area (Å²) in [5.74, 6) is 1.17. The average Bonchev–Trinajstić information content (AvgIpc) is 3.12. The number of rotatable bonds is 6.